The molecular weight excluding hydrogens is 536 g/mol. The van der Waals surface area contributed by atoms with Crippen molar-refractivity contribution in [3.8, 4) is 22.6 Å². The second kappa shape index (κ2) is 12.1. The van der Waals surface area contributed by atoms with Crippen LogP contribution in [0.4, 0.5) is 22.0 Å². The van der Waals surface area contributed by atoms with Crippen LogP contribution in [-0.2, 0) is 15.0 Å². The van der Waals surface area contributed by atoms with E-state index in [2.05, 4.69) is 31.1 Å². The molecule has 4 aromatic rings. The summed E-state index contributed by atoms with van der Waals surface area (Å²) in [6, 6.07) is 17.1. The average molecular weight is 571 g/mol. The first-order chi connectivity index (χ1) is 19.8. The molecule has 0 atom stereocenters. The first-order valence-corrected chi connectivity index (χ1v) is 13.3. The number of pyridine rings is 1. The number of carbonyl (C=O) groups is 3. The van der Waals surface area contributed by atoms with Crippen molar-refractivity contribution in [2.45, 2.75) is 46.5 Å². The smallest absolute Gasteiger partial charge is 0.324 e. The molecule has 5 N–H and O–H groups in total. The van der Waals surface area contributed by atoms with Crippen LogP contribution in [0.5, 0.6) is 11.5 Å². The van der Waals surface area contributed by atoms with E-state index in [1.54, 1.807) is 60.9 Å². The number of rotatable bonds is 9. The van der Waals surface area contributed by atoms with Gasteiger partial charge in [0.25, 0.3) is 0 Å². The summed E-state index contributed by atoms with van der Waals surface area (Å²) >= 11 is 0. The van der Waals surface area contributed by atoms with Crippen LogP contribution in [0.25, 0.3) is 11.1 Å². The Morgan fingerprint density at radius 3 is 1.98 bits per heavy atom. The number of carboxylic acids is 1. The molecule has 11 heteroatoms. The number of carboxylic acid groups (broad SMARTS) is 1. The van der Waals surface area contributed by atoms with Crippen LogP contribution in [0.15, 0.2) is 73.1 Å². The summed E-state index contributed by atoms with van der Waals surface area (Å²) in [5, 5.41) is 25.1. The molecule has 0 spiro atoms. The summed E-state index contributed by atoms with van der Waals surface area (Å²) < 4.78 is 5.77. The van der Waals surface area contributed by atoms with Crippen molar-refractivity contribution in [2.75, 3.05) is 16.0 Å². The quantitative estimate of drug-likeness (QED) is 0.151. The molecule has 2 heterocycles. The molecule has 0 aliphatic carbocycles. The Morgan fingerprint density at radius 2 is 1.38 bits per heavy atom. The zero-order chi connectivity index (χ0) is 30.5. The van der Waals surface area contributed by atoms with Gasteiger partial charge in [0.1, 0.15) is 17.3 Å². The molecule has 0 saturated carbocycles. The number of hydrogen-bond donors (Lipinski definition) is 5. The van der Waals surface area contributed by atoms with E-state index < -0.39 is 23.3 Å². The maximum atomic E-state index is 12.9. The highest BCUT2D eigenvalue weighted by Gasteiger charge is 2.30. The van der Waals surface area contributed by atoms with E-state index >= 15 is 0 Å². The van der Waals surface area contributed by atoms with E-state index in [0.29, 0.717) is 34.3 Å². The highest BCUT2D eigenvalue weighted by molar-refractivity contribution is 6.02. The number of amides is 3. The Kier molecular flexibility index (Phi) is 8.60. The lowest BCUT2D eigenvalue weighted by Crippen LogP contribution is -2.29. The monoisotopic (exact) mass is 570 g/mol. The second-order valence-electron chi connectivity index (χ2n) is 11.5. The van der Waals surface area contributed by atoms with Gasteiger partial charge in [0, 0.05) is 41.2 Å². The largest absolute Gasteiger partial charge is 0.481 e. The number of aliphatic carboxylic acids is 1. The van der Waals surface area contributed by atoms with Crippen molar-refractivity contribution < 1.29 is 24.2 Å². The fourth-order valence-electron chi connectivity index (χ4n) is 4.08. The zero-order valence-corrected chi connectivity index (χ0v) is 24.1. The van der Waals surface area contributed by atoms with Crippen molar-refractivity contribution in [1.29, 1.82) is 0 Å². The van der Waals surface area contributed by atoms with Crippen molar-refractivity contribution in [3.63, 3.8) is 0 Å². The second-order valence-corrected chi connectivity index (χ2v) is 11.5. The minimum absolute atomic E-state index is 0.163. The van der Waals surface area contributed by atoms with Gasteiger partial charge in [-0.3, -0.25) is 25.0 Å². The number of ether oxygens (including phenoxy) is 1. The highest BCUT2D eigenvalue weighted by atomic mass is 16.5. The van der Waals surface area contributed by atoms with Crippen LogP contribution in [0, 0.1) is 5.41 Å². The Morgan fingerprint density at radius 1 is 0.810 bits per heavy atom. The predicted octanol–water partition coefficient (Wildman–Crippen LogP) is 6.64. The normalized spacial score (nSPS) is 11.5. The first-order valence-electron chi connectivity index (χ1n) is 13.3. The van der Waals surface area contributed by atoms with E-state index in [-0.39, 0.29) is 11.8 Å². The Hall–Kier alpha value is -5.19. The SMILES string of the molecule is CC(C)(CC(=O)Nc1ccc(-c2c(C(C)(C)C)n[nH]c2NC(=O)Nc2ccc(Oc3ccncc3)cc2)cc1)C(=O)O. The number of hydrogen-bond acceptors (Lipinski definition) is 6. The van der Waals surface area contributed by atoms with Gasteiger partial charge in [0.2, 0.25) is 5.91 Å². The number of H-pyrrole nitrogens is 1. The van der Waals surface area contributed by atoms with Crippen molar-refractivity contribution in [3.05, 3.63) is 78.8 Å². The summed E-state index contributed by atoms with van der Waals surface area (Å²) in [6.45, 7) is 9.06. The number of nitrogens with one attached hydrogen (secondary N) is 4. The van der Waals surface area contributed by atoms with Crippen LogP contribution in [0.1, 0.15) is 46.7 Å². The fraction of sp³-hybridized carbons (Fsp3) is 0.258. The molecule has 2 aromatic heterocycles. The summed E-state index contributed by atoms with van der Waals surface area (Å²) in [4.78, 5) is 40.7. The lowest BCUT2D eigenvalue weighted by Gasteiger charge is -2.19. The molecule has 0 radical (unpaired) electrons. The number of anilines is 3. The summed E-state index contributed by atoms with van der Waals surface area (Å²) in [5.41, 5.74) is 1.79. The van der Waals surface area contributed by atoms with E-state index in [1.807, 2.05) is 32.9 Å². The number of nitrogens with zero attached hydrogens (tertiary/aromatic N) is 2. The molecular formula is C31H34N6O5. The van der Waals surface area contributed by atoms with Gasteiger partial charge < -0.3 is 20.5 Å². The number of benzene rings is 2. The van der Waals surface area contributed by atoms with Gasteiger partial charge in [-0.1, -0.05) is 32.9 Å². The van der Waals surface area contributed by atoms with Gasteiger partial charge in [-0.15, -0.1) is 0 Å². The zero-order valence-electron chi connectivity index (χ0n) is 24.1. The van der Waals surface area contributed by atoms with Crippen LogP contribution >= 0.6 is 0 Å². The van der Waals surface area contributed by atoms with Crippen molar-refractivity contribution in [2.24, 2.45) is 5.41 Å². The Bertz CT molecular complexity index is 1560. The molecule has 0 fully saturated rings. The maximum Gasteiger partial charge on any atom is 0.324 e. The number of urea groups is 1. The van der Waals surface area contributed by atoms with Gasteiger partial charge in [-0.05, 0) is 67.9 Å². The molecule has 218 valence electrons. The topological polar surface area (TPSA) is 158 Å². The lowest BCUT2D eigenvalue weighted by molar-refractivity contribution is -0.148. The third-order valence-electron chi connectivity index (χ3n) is 6.35. The average Bonchev–Trinajstić information content (AvgIpc) is 3.34. The molecule has 4 rings (SSSR count). The molecule has 0 unspecified atom stereocenters. The molecule has 2 aromatic carbocycles. The molecule has 0 saturated heterocycles. The number of carbonyl (C=O) groups excluding carboxylic acids is 2. The molecule has 42 heavy (non-hydrogen) atoms. The highest BCUT2D eigenvalue weighted by Crippen LogP contribution is 2.37. The van der Waals surface area contributed by atoms with Gasteiger partial charge in [0.05, 0.1) is 11.1 Å². The number of aromatic amines is 1. The molecule has 3 amide bonds. The number of aromatic nitrogens is 3. The third-order valence-corrected chi connectivity index (χ3v) is 6.35. The Labute approximate surface area is 243 Å². The van der Waals surface area contributed by atoms with Gasteiger partial charge >= 0.3 is 12.0 Å². The minimum Gasteiger partial charge on any atom is -0.481 e. The maximum absolute atomic E-state index is 12.9. The van der Waals surface area contributed by atoms with Crippen molar-refractivity contribution in [1.82, 2.24) is 15.2 Å². The van der Waals surface area contributed by atoms with Crippen LogP contribution in [0.3, 0.4) is 0 Å². The summed E-state index contributed by atoms with van der Waals surface area (Å²) in [7, 11) is 0. The van der Waals surface area contributed by atoms with E-state index in [9.17, 15) is 19.5 Å². The van der Waals surface area contributed by atoms with Gasteiger partial charge in [-0.25, -0.2) is 4.79 Å². The van der Waals surface area contributed by atoms with Crippen molar-refractivity contribution >= 4 is 35.1 Å². The van der Waals surface area contributed by atoms with E-state index in [0.717, 1.165) is 11.3 Å². The standard InChI is InChI=1S/C31H34N6O5/c1-30(2,3)26-25(19-6-8-20(9-7-19)33-24(38)18-31(4,5)28(39)40)27(37-36-26)35-29(41)34-21-10-12-22(13-11-21)42-23-14-16-32-17-15-23/h6-17H,18H2,1-5H3,(H,33,38)(H,39,40)(H3,34,35,36,37,41). The van der Waals surface area contributed by atoms with Crippen LogP contribution < -0.4 is 20.7 Å². The summed E-state index contributed by atoms with van der Waals surface area (Å²) in [6.07, 6.45) is 3.12. The molecule has 0 aliphatic heterocycles. The molecule has 0 aliphatic rings. The van der Waals surface area contributed by atoms with E-state index in [4.69, 9.17) is 4.74 Å². The predicted molar refractivity (Wildman–Crippen MR) is 161 cm³/mol. The fourth-order valence-corrected chi connectivity index (χ4v) is 4.08. The van der Waals surface area contributed by atoms with Gasteiger partial charge in [-0.2, -0.15) is 5.10 Å². The van der Waals surface area contributed by atoms with E-state index in [1.165, 1.54) is 13.8 Å². The lowest BCUT2D eigenvalue weighted by atomic mass is 9.87. The molecule has 0 bridgehead atoms. The summed E-state index contributed by atoms with van der Waals surface area (Å²) in [5.74, 6) is 0.240. The first kappa shape index (κ1) is 29.8. The molecule has 11 nitrogen and oxygen atoms in total. The van der Waals surface area contributed by atoms with Crippen LogP contribution in [-0.4, -0.2) is 38.2 Å². The minimum atomic E-state index is -1.18. The van der Waals surface area contributed by atoms with Gasteiger partial charge in [0.15, 0.2) is 0 Å². The third kappa shape index (κ3) is 7.51. The Balaban J connectivity index is 1.47. The van der Waals surface area contributed by atoms with Crippen LogP contribution in [0.2, 0.25) is 0 Å².